The van der Waals surface area contributed by atoms with E-state index in [-0.39, 0.29) is 12.5 Å². The molecular weight excluding hydrogens is 304 g/mol. The Labute approximate surface area is 137 Å². The zero-order valence-electron chi connectivity index (χ0n) is 14.1. The molecule has 130 valence electrons. The van der Waals surface area contributed by atoms with Crippen LogP contribution in [0.25, 0.3) is 0 Å². The van der Waals surface area contributed by atoms with Gasteiger partial charge < -0.3 is 20.5 Å². The van der Waals surface area contributed by atoms with Crippen LogP contribution in [0.3, 0.4) is 0 Å². The molecule has 0 saturated heterocycles. The molecule has 7 heteroatoms. The smallest absolute Gasteiger partial charge is 0.246 e. The van der Waals surface area contributed by atoms with Crippen LogP contribution in [0.4, 0.5) is 0 Å². The first-order valence-corrected chi connectivity index (χ1v) is 8.73. The van der Waals surface area contributed by atoms with Gasteiger partial charge in [0.2, 0.25) is 11.8 Å². The van der Waals surface area contributed by atoms with Gasteiger partial charge in [0, 0.05) is 12.4 Å². The van der Waals surface area contributed by atoms with Crippen molar-refractivity contribution >= 4 is 23.6 Å². The molecule has 0 saturated carbocycles. The molecule has 0 spiro atoms. The highest BCUT2D eigenvalue weighted by molar-refractivity contribution is 7.99. The Hall–Kier alpha value is -0.790. The fourth-order valence-corrected chi connectivity index (χ4v) is 2.25. The van der Waals surface area contributed by atoms with Crippen molar-refractivity contribution in [1.29, 1.82) is 0 Å². The van der Waals surface area contributed by atoms with Crippen LogP contribution in [0.15, 0.2) is 0 Å². The molecule has 0 aliphatic rings. The number of primary amides is 1. The van der Waals surface area contributed by atoms with Gasteiger partial charge in [-0.05, 0) is 17.6 Å². The lowest BCUT2D eigenvalue weighted by molar-refractivity contribution is -0.130. The molecule has 1 unspecified atom stereocenters. The molecule has 3 N–H and O–H groups in total. The summed E-state index contributed by atoms with van der Waals surface area (Å²) < 4.78 is 10.6. The molecule has 6 nitrogen and oxygen atoms in total. The van der Waals surface area contributed by atoms with Crippen LogP contribution in [0, 0.1) is 5.92 Å². The van der Waals surface area contributed by atoms with Gasteiger partial charge in [0.05, 0.1) is 13.2 Å². The summed E-state index contributed by atoms with van der Waals surface area (Å²) in [6.07, 6.45) is 1.01. The van der Waals surface area contributed by atoms with Gasteiger partial charge in [0.25, 0.3) is 0 Å². The predicted octanol–water partition coefficient (Wildman–Crippen LogP) is 1.18. The van der Waals surface area contributed by atoms with Crippen LogP contribution < -0.4 is 11.1 Å². The maximum atomic E-state index is 11.7. The van der Waals surface area contributed by atoms with Crippen molar-refractivity contribution in [3.63, 3.8) is 0 Å². The van der Waals surface area contributed by atoms with Crippen LogP contribution in [0.5, 0.6) is 0 Å². The van der Waals surface area contributed by atoms with Crippen LogP contribution in [-0.2, 0) is 19.1 Å². The van der Waals surface area contributed by atoms with E-state index in [1.54, 1.807) is 11.8 Å². The van der Waals surface area contributed by atoms with Crippen molar-refractivity contribution in [1.82, 2.24) is 5.32 Å². The quantitative estimate of drug-likeness (QED) is 0.494. The van der Waals surface area contributed by atoms with E-state index in [9.17, 15) is 9.59 Å². The lowest BCUT2D eigenvalue weighted by atomic mass is 10.1. The number of rotatable bonds is 13. The molecule has 0 aliphatic heterocycles. The monoisotopic (exact) mass is 334 g/mol. The summed E-state index contributed by atoms with van der Waals surface area (Å²) in [5.74, 6) is 0.215. The molecule has 0 aromatic rings. The third-order valence-corrected chi connectivity index (χ3v) is 3.91. The van der Waals surface area contributed by atoms with Crippen LogP contribution in [0.2, 0.25) is 0 Å². The van der Waals surface area contributed by atoms with E-state index in [0.29, 0.717) is 36.7 Å². The minimum absolute atomic E-state index is 0.0936. The number of amides is 2. The lowest BCUT2D eigenvalue weighted by Gasteiger charge is -2.16. The van der Waals surface area contributed by atoms with Gasteiger partial charge in [0.15, 0.2) is 0 Å². The minimum atomic E-state index is -0.661. The van der Waals surface area contributed by atoms with E-state index in [2.05, 4.69) is 19.2 Å². The zero-order valence-corrected chi connectivity index (χ0v) is 14.9. The first kappa shape index (κ1) is 21.2. The van der Waals surface area contributed by atoms with Gasteiger partial charge in [-0.2, -0.15) is 11.8 Å². The number of thioether (sulfide) groups is 1. The molecular formula is C15H30N2O4S. The fourth-order valence-electron chi connectivity index (χ4n) is 1.42. The summed E-state index contributed by atoms with van der Waals surface area (Å²) in [5.41, 5.74) is 5.28. The van der Waals surface area contributed by atoms with Gasteiger partial charge in [-0.25, -0.2) is 0 Å². The minimum Gasteiger partial charge on any atom is -0.379 e. The number of hydrogen-bond donors (Lipinski definition) is 2. The highest BCUT2D eigenvalue weighted by Gasteiger charge is 2.18. The van der Waals surface area contributed by atoms with Gasteiger partial charge in [-0.1, -0.05) is 27.7 Å². The zero-order chi connectivity index (χ0) is 17.0. The third kappa shape index (κ3) is 12.9. The van der Waals surface area contributed by atoms with Gasteiger partial charge in [0.1, 0.15) is 12.6 Å². The second-order valence-corrected chi connectivity index (χ2v) is 7.36. The summed E-state index contributed by atoms with van der Waals surface area (Å²) in [6, 6.07) is -0.661. The van der Waals surface area contributed by atoms with Crippen LogP contribution in [-0.4, -0.2) is 55.3 Å². The Morgan fingerprint density at radius 3 is 2.27 bits per heavy atom. The first-order valence-electron chi connectivity index (χ1n) is 7.68. The van der Waals surface area contributed by atoms with Crippen molar-refractivity contribution in [3.8, 4) is 0 Å². The Morgan fingerprint density at radius 2 is 1.73 bits per heavy atom. The molecule has 0 bridgehead atoms. The second kappa shape index (κ2) is 12.7. The van der Waals surface area contributed by atoms with Gasteiger partial charge in [-0.15, -0.1) is 0 Å². The number of ether oxygens (including phenoxy) is 2. The Kier molecular flexibility index (Phi) is 12.3. The number of carbonyl (C=O) groups excluding carboxylic acids is 2. The molecule has 0 aromatic carbocycles. The summed E-state index contributed by atoms with van der Waals surface area (Å²) in [6.45, 7) is 9.73. The third-order valence-electron chi connectivity index (χ3n) is 2.72. The van der Waals surface area contributed by atoms with Crippen molar-refractivity contribution in [3.05, 3.63) is 0 Å². The average molecular weight is 334 g/mol. The Morgan fingerprint density at radius 1 is 1.09 bits per heavy atom. The van der Waals surface area contributed by atoms with Crippen molar-refractivity contribution in [2.75, 3.05) is 32.2 Å². The summed E-state index contributed by atoms with van der Waals surface area (Å²) >= 11 is 1.57. The van der Waals surface area contributed by atoms with E-state index >= 15 is 0 Å². The standard InChI is InChI=1S/C15H30N2O4S/c1-11(2)5-6-20-7-8-21-9-14(18)17-13(15(16)19)10-22-12(3)4/h11-13H,5-10H2,1-4H3,(H2,16,19)(H,17,18). The van der Waals surface area contributed by atoms with E-state index in [4.69, 9.17) is 15.2 Å². The number of nitrogens with one attached hydrogen (secondary N) is 1. The van der Waals surface area contributed by atoms with Crippen molar-refractivity contribution < 1.29 is 19.1 Å². The van der Waals surface area contributed by atoms with Crippen LogP contribution in [0.1, 0.15) is 34.1 Å². The van der Waals surface area contributed by atoms with E-state index in [0.717, 1.165) is 6.42 Å². The van der Waals surface area contributed by atoms with E-state index in [1.807, 2.05) is 13.8 Å². The number of carbonyl (C=O) groups is 2. The van der Waals surface area contributed by atoms with Crippen molar-refractivity contribution in [2.24, 2.45) is 11.7 Å². The molecule has 0 rings (SSSR count). The molecule has 0 heterocycles. The summed E-state index contributed by atoms with van der Waals surface area (Å²) in [4.78, 5) is 23.0. The molecule has 1 atom stereocenters. The number of hydrogen-bond acceptors (Lipinski definition) is 5. The molecule has 22 heavy (non-hydrogen) atoms. The van der Waals surface area contributed by atoms with Gasteiger partial charge >= 0.3 is 0 Å². The van der Waals surface area contributed by atoms with Crippen molar-refractivity contribution in [2.45, 2.75) is 45.4 Å². The summed E-state index contributed by atoms with van der Waals surface area (Å²) in [5, 5.41) is 2.96. The van der Waals surface area contributed by atoms with Gasteiger partial charge in [-0.3, -0.25) is 9.59 Å². The lowest BCUT2D eigenvalue weighted by Crippen LogP contribution is -2.47. The van der Waals surface area contributed by atoms with Crippen LogP contribution >= 0.6 is 11.8 Å². The Bertz CT molecular complexity index is 325. The molecule has 2 amide bonds. The average Bonchev–Trinajstić information content (AvgIpc) is 2.41. The molecule has 0 fully saturated rings. The first-order chi connectivity index (χ1) is 10.3. The number of nitrogens with two attached hydrogens (primary N) is 1. The fraction of sp³-hybridized carbons (Fsp3) is 0.867. The largest absolute Gasteiger partial charge is 0.379 e. The van der Waals surface area contributed by atoms with E-state index in [1.165, 1.54) is 0 Å². The normalized spacial score (nSPS) is 12.6. The van der Waals surface area contributed by atoms with E-state index < -0.39 is 11.9 Å². The maximum Gasteiger partial charge on any atom is 0.246 e. The summed E-state index contributed by atoms with van der Waals surface area (Å²) in [7, 11) is 0. The maximum absolute atomic E-state index is 11.7. The highest BCUT2D eigenvalue weighted by Crippen LogP contribution is 2.10. The Balaban J connectivity index is 3.75. The molecule has 0 aromatic heterocycles. The topological polar surface area (TPSA) is 90.7 Å². The predicted molar refractivity (Wildman–Crippen MR) is 89.8 cm³/mol. The molecule has 0 radical (unpaired) electrons. The highest BCUT2D eigenvalue weighted by atomic mass is 32.2. The second-order valence-electron chi connectivity index (χ2n) is 5.75. The SMILES string of the molecule is CC(C)CCOCCOCC(=O)NC(CSC(C)C)C(N)=O. The molecule has 0 aliphatic carbocycles.